The molecule has 10 nitrogen and oxygen atoms in total. The second-order valence-electron chi connectivity index (χ2n) is 10.7. The number of halogens is 7. The average Bonchev–Trinajstić information content (AvgIpc) is 3.48. The average molecular weight is 606 g/mol. The highest BCUT2D eigenvalue weighted by Gasteiger charge is 2.41. The lowest BCUT2D eigenvalue weighted by atomic mass is 9.81. The van der Waals surface area contributed by atoms with Gasteiger partial charge in [0.2, 0.25) is 18.3 Å². The molecule has 0 unspecified atom stereocenters. The van der Waals surface area contributed by atoms with Crippen molar-refractivity contribution in [1.29, 1.82) is 0 Å². The summed E-state index contributed by atoms with van der Waals surface area (Å²) in [6.45, 7) is -1.69. The van der Waals surface area contributed by atoms with Crippen LogP contribution in [-0.4, -0.2) is 61.8 Å². The molecule has 2 aliphatic carbocycles. The normalized spacial score (nSPS) is 19.1. The van der Waals surface area contributed by atoms with Crippen molar-refractivity contribution in [2.45, 2.75) is 81.3 Å². The van der Waals surface area contributed by atoms with Gasteiger partial charge in [-0.1, -0.05) is 5.16 Å². The van der Waals surface area contributed by atoms with Gasteiger partial charge in [-0.05, 0) is 48.4 Å². The number of alkyl halides is 7. The van der Waals surface area contributed by atoms with Gasteiger partial charge >= 0.3 is 6.18 Å². The first-order valence-corrected chi connectivity index (χ1v) is 13.3. The quantitative estimate of drug-likeness (QED) is 0.321. The molecule has 2 fully saturated rings. The predicted octanol–water partition coefficient (Wildman–Crippen LogP) is 4.70. The van der Waals surface area contributed by atoms with Crippen molar-refractivity contribution in [3.05, 3.63) is 41.1 Å². The molecule has 2 saturated carbocycles. The summed E-state index contributed by atoms with van der Waals surface area (Å²) < 4.78 is 98.2. The molecule has 3 aromatic heterocycles. The lowest BCUT2D eigenvalue weighted by Gasteiger charge is -2.33. The Bertz CT molecular complexity index is 1430. The lowest BCUT2D eigenvalue weighted by Crippen LogP contribution is -2.37. The van der Waals surface area contributed by atoms with Crippen molar-refractivity contribution in [2.75, 3.05) is 6.54 Å². The maximum atomic E-state index is 13.9. The third kappa shape index (κ3) is 6.98. The number of rotatable bonds is 10. The number of aromatic nitrogens is 5. The monoisotopic (exact) mass is 605 g/mol. The van der Waals surface area contributed by atoms with Gasteiger partial charge in [0.15, 0.2) is 11.3 Å². The molecule has 0 spiro atoms. The molecular formula is C25H26F7N7O3. The van der Waals surface area contributed by atoms with Crippen LogP contribution < -0.4 is 10.6 Å². The van der Waals surface area contributed by atoms with Crippen LogP contribution >= 0.6 is 0 Å². The standard InChI is InChI=1S/C25H26F7N7O3/c26-17(27)8-15(22(40)33-11-25(30,31)32)14-7-18-35-16(10-39(18)34-9-14)19(13-3-5-24(28,29)6-4-13)36-23(41)21-20(12-1-2-12)37-42-38-21/h7,9-10,12-13,15,17,19H,1-6,8,11H2,(H,33,40)(H,36,41)/t15-,19-/m0/s1. The van der Waals surface area contributed by atoms with Gasteiger partial charge in [-0.15, -0.1) is 0 Å². The van der Waals surface area contributed by atoms with E-state index >= 15 is 0 Å². The van der Waals surface area contributed by atoms with Gasteiger partial charge in [0.05, 0.1) is 30.0 Å². The second kappa shape index (κ2) is 11.5. The highest BCUT2D eigenvalue weighted by atomic mass is 19.4. The zero-order chi connectivity index (χ0) is 30.2. The third-order valence-electron chi connectivity index (χ3n) is 7.49. The van der Waals surface area contributed by atoms with Gasteiger partial charge in [0.1, 0.15) is 12.2 Å². The smallest absolute Gasteiger partial charge is 0.346 e. The Balaban J connectivity index is 1.43. The van der Waals surface area contributed by atoms with E-state index in [0.29, 0.717) is 5.69 Å². The van der Waals surface area contributed by atoms with Crippen molar-refractivity contribution in [1.82, 2.24) is 35.5 Å². The lowest BCUT2D eigenvalue weighted by molar-refractivity contribution is -0.139. The Morgan fingerprint density at radius 2 is 1.83 bits per heavy atom. The van der Waals surface area contributed by atoms with Crippen LogP contribution in [0.1, 0.15) is 90.3 Å². The summed E-state index contributed by atoms with van der Waals surface area (Å²) >= 11 is 0. The zero-order valence-electron chi connectivity index (χ0n) is 21.9. The highest BCUT2D eigenvalue weighted by Crippen LogP contribution is 2.42. The van der Waals surface area contributed by atoms with Crippen LogP contribution in [0.4, 0.5) is 30.7 Å². The van der Waals surface area contributed by atoms with Crippen molar-refractivity contribution in [3.8, 4) is 0 Å². The number of imidazole rings is 1. The summed E-state index contributed by atoms with van der Waals surface area (Å²) in [5.74, 6) is -6.81. The zero-order valence-corrected chi connectivity index (χ0v) is 21.9. The van der Waals surface area contributed by atoms with Crippen molar-refractivity contribution < 1.29 is 45.0 Å². The first-order valence-electron chi connectivity index (χ1n) is 13.3. The largest absolute Gasteiger partial charge is 0.405 e. The summed E-state index contributed by atoms with van der Waals surface area (Å²) in [4.78, 5) is 30.1. The molecule has 0 saturated heterocycles. The van der Waals surface area contributed by atoms with Crippen LogP contribution in [0.15, 0.2) is 23.1 Å². The number of carbonyl (C=O) groups excluding carboxylic acids is 2. The topological polar surface area (TPSA) is 127 Å². The van der Waals surface area contributed by atoms with Crippen LogP contribution in [-0.2, 0) is 4.79 Å². The first-order chi connectivity index (χ1) is 19.8. The van der Waals surface area contributed by atoms with Crippen molar-refractivity contribution >= 4 is 17.5 Å². The molecular weight excluding hydrogens is 579 g/mol. The Kier molecular flexibility index (Phi) is 8.11. The second-order valence-corrected chi connectivity index (χ2v) is 10.7. The SMILES string of the molecule is O=C(N[C@H](c1cn2ncc([C@H](CC(F)F)C(=O)NCC(F)(F)F)cc2n1)C1CCC(F)(F)CC1)c1nonc1C1CC1. The van der Waals surface area contributed by atoms with Crippen molar-refractivity contribution in [2.24, 2.45) is 5.92 Å². The molecule has 2 atom stereocenters. The maximum absolute atomic E-state index is 13.9. The minimum absolute atomic E-state index is 0.0208. The van der Waals surface area contributed by atoms with Gasteiger partial charge in [0, 0.05) is 25.2 Å². The summed E-state index contributed by atoms with van der Waals surface area (Å²) in [7, 11) is 0. The number of amides is 2. The molecule has 3 aromatic rings. The molecule has 42 heavy (non-hydrogen) atoms. The molecule has 0 radical (unpaired) electrons. The third-order valence-corrected chi connectivity index (χ3v) is 7.49. The van der Waals surface area contributed by atoms with Crippen LogP contribution in [0.25, 0.3) is 5.65 Å². The Morgan fingerprint density at radius 1 is 1.12 bits per heavy atom. The Morgan fingerprint density at radius 3 is 2.48 bits per heavy atom. The van der Waals surface area contributed by atoms with Crippen LogP contribution in [0.5, 0.6) is 0 Å². The Hall–Kier alpha value is -3.79. The van der Waals surface area contributed by atoms with E-state index in [0.717, 1.165) is 19.0 Å². The van der Waals surface area contributed by atoms with E-state index < -0.39 is 74.0 Å². The summed E-state index contributed by atoms with van der Waals surface area (Å²) in [6.07, 6.45) is -5.36. The molecule has 0 aromatic carbocycles. The molecule has 2 aliphatic rings. The predicted molar refractivity (Wildman–Crippen MR) is 129 cm³/mol. The fourth-order valence-corrected chi connectivity index (χ4v) is 5.15. The summed E-state index contributed by atoms with van der Waals surface area (Å²) in [6, 6.07) is 0.353. The summed E-state index contributed by atoms with van der Waals surface area (Å²) in [5, 5.41) is 16.0. The van der Waals surface area contributed by atoms with Crippen molar-refractivity contribution in [3.63, 3.8) is 0 Å². The van der Waals surface area contributed by atoms with E-state index in [1.165, 1.54) is 16.8 Å². The number of nitrogens with one attached hydrogen (secondary N) is 2. The van der Waals surface area contributed by atoms with E-state index in [4.69, 9.17) is 4.63 Å². The summed E-state index contributed by atoms with van der Waals surface area (Å²) in [5.41, 5.74) is 0.552. The van der Waals surface area contributed by atoms with Gasteiger partial charge in [0.25, 0.3) is 5.91 Å². The minimum atomic E-state index is -4.74. The maximum Gasteiger partial charge on any atom is 0.405 e. The van der Waals surface area contributed by atoms with E-state index in [1.54, 1.807) is 5.32 Å². The molecule has 2 N–H and O–H groups in total. The van der Waals surface area contributed by atoms with E-state index in [9.17, 15) is 40.3 Å². The molecule has 17 heteroatoms. The van der Waals surface area contributed by atoms with Crippen LogP contribution in [0.3, 0.4) is 0 Å². The number of carbonyl (C=O) groups is 2. The fourth-order valence-electron chi connectivity index (χ4n) is 5.15. The van der Waals surface area contributed by atoms with Crippen LogP contribution in [0, 0.1) is 5.92 Å². The molecule has 2 amide bonds. The molecule has 0 aliphatic heterocycles. The number of hydrogen-bond acceptors (Lipinski definition) is 7. The fraction of sp³-hybridized carbons (Fsp3) is 0.600. The minimum Gasteiger partial charge on any atom is -0.346 e. The number of fused-ring (bicyclic) bond motifs is 1. The highest BCUT2D eigenvalue weighted by molar-refractivity contribution is 5.93. The van der Waals surface area contributed by atoms with Gasteiger partial charge in [-0.2, -0.15) is 18.3 Å². The van der Waals surface area contributed by atoms with Gasteiger partial charge in [-0.3, -0.25) is 9.59 Å². The van der Waals surface area contributed by atoms with Gasteiger partial charge in [-0.25, -0.2) is 31.7 Å². The number of nitrogens with zero attached hydrogens (tertiary/aromatic N) is 5. The number of hydrogen-bond donors (Lipinski definition) is 2. The molecule has 3 heterocycles. The van der Waals surface area contributed by atoms with E-state index in [1.807, 2.05) is 0 Å². The van der Waals surface area contributed by atoms with E-state index in [2.05, 4.69) is 25.7 Å². The van der Waals surface area contributed by atoms with E-state index in [-0.39, 0.29) is 41.4 Å². The first kappa shape index (κ1) is 29.7. The van der Waals surface area contributed by atoms with Crippen LogP contribution in [0.2, 0.25) is 0 Å². The Labute approximate surface area is 233 Å². The molecule has 228 valence electrons. The van der Waals surface area contributed by atoms with Gasteiger partial charge < -0.3 is 10.6 Å². The molecule has 0 bridgehead atoms. The molecule has 5 rings (SSSR count).